The van der Waals surface area contributed by atoms with Gasteiger partial charge in [0.15, 0.2) is 9.84 Å². The van der Waals surface area contributed by atoms with E-state index < -0.39 is 9.84 Å². The van der Waals surface area contributed by atoms with Gasteiger partial charge in [0.25, 0.3) is 0 Å². The van der Waals surface area contributed by atoms with Crippen molar-refractivity contribution in [1.82, 2.24) is 9.97 Å². The Morgan fingerprint density at radius 2 is 2.28 bits per heavy atom. The molecular weight excluding hydrogens is 270 g/mol. The molecule has 1 unspecified atom stereocenters. The molecule has 1 fully saturated rings. The van der Waals surface area contributed by atoms with Crippen LogP contribution in [0.5, 0.6) is 0 Å². The number of hydrogen-bond donors (Lipinski definition) is 1. The Balaban J connectivity index is 1.92. The maximum Gasteiger partial charge on any atom is 0.152 e. The van der Waals surface area contributed by atoms with Crippen LogP contribution in [-0.4, -0.2) is 35.9 Å². The van der Waals surface area contributed by atoms with Crippen LogP contribution in [0.2, 0.25) is 0 Å². The number of anilines is 1. The summed E-state index contributed by atoms with van der Waals surface area (Å²) in [6, 6.07) is -0.0319. The van der Waals surface area contributed by atoms with Gasteiger partial charge in [0.05, 0.1) is 21.7 Å². The van der Waals surface area contributed by atoms with Crippen LogP contribution >= 0.6 is 11.3 Å². The van der Waals surface area contributed by atoms with Crippen molar-refractivity contribution in [2.75, 3.05) is 16.8 Å². The van der Waals surface area contributed by atoms with Gasteiger partial charge in [-0.15, -0.1) is 11.3 Å². The summed E-state index contributed by atoms with van der Waals surface area (Å²) in [5.41, 5.74) is 2.07. The van der Waals surface area contributed by atoms with Crippen LogP contribution in [0.15, 0.2) is 11.7 Å². The first kappa shape index (κ1) is 11.9. The summed E-state index contributed by atoms with van der Waals surface area (Å²) in [6.45, 7) is 2.01. The number of aromatic nitrogens is 2. The normalized spacial score (nSPS) is 22.4. The van der Waals surface area contributed by atoms with Gasteiger partial charge in [-0.3, -0.25) is 0 Å². The molecule has 1 N–H and O–H groups in total. The molecule has 1 saturated heterocycles. The van der Waals surface area contributed by atoms with E-state index in [0.29, 0.717) is 6.42 Å². The summed E-state index contributed by atoms with van der Waals surface area (Å²) in [5.74, 6) is 1.21. The average Bonchev–Trinajstić information content (AvgIpc) is 2.84. The van der Waals surface area contributed by atoms with Crippen LogP contribution in [0, 0.1) is 6.92 Å². The topological polar surface area (TPSA) is 72.0 Å². The minimum atomic E-state index is -2.87. The van der Waals surface area contributed by atoms with E-state index in [2.05, 4.69) is 15.3 Å². The Morgan fingerprint density at radius 3 is 3.00 bits per heavy atom. The van der Waals surface area contributed by atoms with Crippen LogP contribution in [0.4, 0.5) is 5.82 Å². The van der Waals surface area contributed by atoms with E-state index in [9.17, 15) is 8.42 Å². The Labute approximate surface area is 109 Å². The highest BCUT2D eigenvalue weighted by atomic mass is 32.2. The van der Waals surface area contributed by atoms with E-state index in [-0.39, 0.29) is 17.5 Å². The number of thiophene rings is 1. The Bertz CT molecular complexity index is 693. The van der Waals surface area contributed by atoms with Gasteiger partial charge in [-0.25, -0.2) is 18.4 Å². The van der Waals surface area contributed by atoms with E-state index >= 15 is 0 Å². The van der Waals surface area contributed by atoms with Crippen LogP contribution in [0.25, 0.3) is 10.2 Å². The molecule has 3 heterocycles. The second-order valence-electron chi connectivity index (χ2n) is 4.56. The van der Waals surface area contributed by atoms with Gasteiger partial charge in [-0.2, -0.15) is 0 Å². The minimum Gasteiger partial charge on any atom is -0.365 e. The molecule has 5 nitrogen and oxygen atoms in total. The highest BCUT2D eigenvalue weighted by Gasteiger charge is 2.28. The summed E-state index contributed by atoms with van der Waals surface area (Å²) in [6.07, 6.45) is 2.17. The summed E-state index contributed by atoms with van der Waals surface area (Å²) >= 11 is 1.59. The van der Waals surface area contributed by atoms with Crippen molar-refractivity contribution in [2.45, 2.75) is 19.4 Å². The molecule has 3 rings (SSSR count). The third kappa shape index (κ3) is 2.08. The molecule has 96 valence electrons. The van der Waals surface area contributed by atoms with Gasteiger partial charge in [0.1, 0.15) is 12.1 Å². The molecule has 0 spiro atoms. The summed E-state index contributed by atoms with van der Waals surface area (Å²) in [4.78, 5) is 8.47. The molecule has 2 aromatic rings. The number of sulfone groups is 1. The Kier molecular flexibility index (Phi) is 2.74. The number of nitrogens with one attached hydrogen (secondary N) is 1. The number of rotatable bonds is 2. The van der Waals surface area contributed by atoms with E-state index in [4.69, 9.17) is 0 Å². The molecule has 0 aliphatic carbocycles. The first-order chi connectivity index (χ1) is 8.55. The molecule has 0 amide bonds. The second kappa shape index (κ2) is 4.17. The second-order valence-corrected chi connectivity index (χ2v) is 7.67. The lowest BCUT2D eigenvalue weighted by Crippen LogP contribution is -2.21. The molecule has 1 atom stereocenters. The maximum absolute atomic E-state index is 11.4. The fourth-order valence-electron chi connectivity index (χ4n) is 2.17. The van der Waals surface area contributed by atoms with Gasteiger partial charge in [0, 0.05) is 6.04 Å². The zero-order valence-electron chi connectivity index (χ0n) is 9.88. The molecule has 18 heavy (non-hydrogen) atoms. The molecule has 2 aromatic heterocycles. The molecule has 0 saturated carbocycles. The smallest absolute Gasteiger partial charge is 0.152 e. The Hall–Kier alpha value is -1.21. The lowest BCUT2D eigenvalue weighted by Gasteiger charge is -2.11. The fraction of sp³-hybridized carbons (Fsp3) is 0.455. The van der Waals surface area contributed by atoms with Crippen molar-refractivity contribution < 1.29 is 8.42 Å². The van der Waals surface area contributed by atoms with Gasteiger partial charge in [0.2, 0.25) is 0 Å². The first-order valence-electron chi connectivity index (χ1n) is 5.71. The van der Waals surface area contributed by atoms with Gasteiger partial charge in [-0.1, -0.05) is 0 Å². The first-order valence-corrected chi connectivity index (χ1v) is 8.41. The highest BCUT2D eigenvalue weighted by molar-refractivity contribution is 7.91. The predicted molar refractivity (Wildman–Crippen MR) is 72.8 cm³/mol. The summed E-state index contributed by atoms with van der Waals surface area (Å²) in [7, 11) is -2.87. The maximum atomic E-state index is 11.4. The molecule has 0 radical (unpaired) electrons. The molecule has 7 heteroatoms. The molecule has 0 bridgehead atoms. The predicted octanol–water partition coefficient (Wildman–Crippen LogP) is 1.60. The largest absolute Gasteiger partial charge is 0.365 e. The Morgan fingerprint density at radius 1 is 1.44 bits per heavy atom. The molecular formula is C11H13N3O2S2. The number of hydrogen-bond acceptors (Lipinski definition) is 6. The SMILES string of the molecule is Cc1csc2c(NC3CCS(=O)(=O)C3)ncnc12. The number of fused-ring (bicyclic) bond motifs is 1. The average molecular weight is 283 g/mol. The van der Waals surface area contributed by atoms with E-state index in [1.807, 2.05) is 12.3 Å². The van der Waals surface area contributed by atoms with E-state index in [1.165, 1.54) is 6.33 Å². The minimum absolute atomic E-state index is 0.0319. The van der Waals surface area contributed by atoms with Gasteiger partial charge < -0.3 is 5.32 Å². The standard InChI is InChI=1S/C11H13N3O2S2/c1-7-4-17-10-9(7)12-6-13-11(10)14-8-2-3-18(15,16)5-8/h4,6,8H,2-3,5H2,1H3,(H,12,13,14). The quantitative estimate of drug-likeness (QED) is 0.906. The zero-order chi connectivity index (χ0) is 12.8. The van der Waals surface area contributed by atoms with Crippen LogP contribution in [-0.2, 0) is 9.84 Å². The zero-order valence-corrected chi connectivity index (χ0v) is 11.5. The number of aryl methyl sites for hydroxylation is 1. The fourth-order valence-corrected chi connectivity index (χ4v) is 4.80. The van der Waals surface area contributed by atoms with Crippen molar-refractivity contribution >= 4 is 37.2 Å². The van der Waals surface area contributed by atoms with Crippen molar-refractivity contribution in [3.05, 3.63) is 17.3 Å². The third-order valence-corrected chi connectivity index (χ3v) is 5.97. The van der Waals surface area contributed by atoms with Crippen LogP contribution in [0.3, 0.4) is 0 Å². The summed E-state index contributed by atoms with van der Waals surface area (Å²) < 4.78 is 23.9. The van der Waals surface area contributed by atoms with Crippen LogP contribution in [0.1, 0.15) is 12.0 Å². The van der Waals surface area contributed by atoms with Crippen molar-refractivity contribution in [1.29, 1.82) is 0 Å². The lowest BCUT2D eigenvalue weighted by atomic mass is 10.2. The van der Waals surface area contributed by atoms with Crippen molar-refractivity contribution in [2.24, 2.45) is 0 Å². The third-order valence-electron chi connectivity index (χ3n) is 3.10. The monoisotopic (exact) mass is 283 g/mol. The van der Waals surface area contributed by atoms with Gasteiger partial charge in [-0.05, 0) is 24.3 Å². The molecule has 0 aromatic carbocycles. The van der Waals surface area contributed by atoms with E-state index in [1.54, 1.807) is 11.3 Å². The van der Waals surface area contributed by atoms with Crippen molar-refractivity contribution in [3.8, 4) is 0 Å². The molecule has 1 aliphatic heterocycles. The number of nitrogens with zero attached hydrogens (tertiary/aromatic N) is 2. The van der Waals surface area contributed by atoms with E-state index in [0.717, 1.165) is 21.6 Å². The van der Waals surface area contributed by atoms with Crippen molar-refractivity contribution in [3.63, 3.8) is 0 Å². The van der Waals surface area contributed by atoms with Crippen LogP contribution < -0.4 is 5.32 Å². The summed E-state index contributed by atoms with van der Waals surface area (Å²) in [5, 5.41) is 5.27. The van der Waals surface area contributed by atoms with Gasteiger partial charge >= 0.3 is 0 Å². The molecule has 1 aliphatic rings. The highest BCUT2D eigenvalue weighted by Crippen LogP contribution is 2.29. The lowest BCUT2D eigenvalue weighted by molar-refractivity contribution is 0.602.